The van der Waals surface area contributed by atoms with Crippen molar-refractivity contribution >= 4 is 39.5 Å². The molecule has 0 rings (SSSR count). The highest BCUT2D eigenvalue weighted by Gasteiger charge is 2.30. The SMILES string of the molecule is CCCCCCCC(=O)OC[C@H](COP(=O)(O)OC[C@H](O)COP(=O)(O)OC[C@@H](COC(=O)CCCCCCCCCCC(C)CC)OC(=O)CCCCCCCCCCCCCCCCC(C)C)OC(=O)CCCCCCCCCCC(C)CC. The Kier molecular flexibility index (Phi) is 56.9. The first-order valence-electron chi connectivity index (χ1n) is 34.9. The zero-order chi connectivity index (χ0) is 63.8. The van der Waals surface area contributed by atoms with Crippen molar-refractivity contribution in [1.82, 2.24) is 0 Å². The molecule has 19 heteroatoms. The highest BCUT2D eigenvalue weighted by Crippen LogP contribution is 2.45. The van der Waals surface area contributed by atoms with Crippen molar-refractivity contribution in [3.8, 4) is 0 Å². The standard InChI is InChI=1S/C67H130O17P2/c1-8-11-12-31-41-48-64(69)77-54-62(83-67(72)51-44-37-30-24-22-27-34-40-47-60(7)10-3)56-81-85(73,74)79-52-61(68)53-80-86(75,76)82-57-63(55-78-65(70)49-42-35-28-23-21-26-33-39-46-59(6)9-2)84-66(71)50-43-36-29-20-18-16-14-13-15-17-19-25-32-38-45-58(4)5/h58-63,68H,8-57H2,1-7H3,(H,73,74)(H,75,76)/t59?,60?,61-,62+,63+/m0/s1. The second-order valence-electron chi connectivity index (χ2n) is 25.2. The van der Waals surface area contributed by atoms with E-state index in [4.69, 9.17) is 37.0 Å². The summed E-state index contributed by atoms with van der Waals surface area (Å²) in [5.41, 5.74) is 0. The van der Waals surface area contributed by atoms with E-state index in [1.165, 1.54) is 135 Å². The van der Waals surface area contributed by atoms with Crippen LogP contribution in [0.3, 0.4) is 0 Å². The molecule has 0 aliphatic heterocycles. The molecule has 0 spiro atoms. The van der Waals surface area contributed by atoms with Gasteiger partial charge in [0.2, 0.25) is 0 Å². The summed E-state index contributed by atoms with van der Waals surface area (Å²) in [7, 11) is -9.89. The van der Waals surface area contributed by atoms with Crippen LogP contribution in [0.2, 0.25) is 0 Å². The molecule has 0 aromatic heterocycles. The lowest BCUT2D eigenvalue weighted by Gasteiger charge is -2.21. The quantitative estimate of drug-likeness (QED) is 0.0222. The number of aliphatic hydroxyl groups is 1. The van der Waals surface area contributed by atoms with Crippen LogP contribution in [-0.4, -0.2) is 96.7 Å². The monoisotopic (exact) mass is 1270 g/mol. The third-order valence-corrected chi connectivity index (χ3v) is 18.0. The Bertz CT molecular complexity index is 1700. The van der Waals surface area contributed by atoms with Crippen molar-refractivity contribution in [3.63, 3.8) is 0 Å². The first-order valence-corrected chi connectivity index (χ1v) is 37.9. The largest absolute Gasteiger partial charge is 0.472 e. The van der Waals surface area contributed by atoms with E-state index in [9.17, 15) is 43.2 Å². The van der Waals surface area contributed by atoms with Gasteiger partial charge in [-0.05, 0) is 43.4 Å². The second kappa shape index (κ2) is 58.2. The van der Waals surface area contributed by atoms with E-state index >= 15 is 0 Å². The summed E-state index contributed by atoms with van der Waals surface area (Å²) in [6, 6.07) is 0. The van der Waals surface area contributed by atoms with Gasteiger partial charge in [0.05, 0.1) is 26.4 Å². The average Bonchev–Trinajstić information content (AvgIpc) is 3.58. The number of carbonyl (C=O) groups is 4. The molecule has 0 radical (unpaired) electrons. The Hall–Kier alpha value is -1.94. The molecule has 7 atom stereocenters. The molecule has 0 heterocycles. The molecule has 0 aliphatic carbocycles. The summed E-state index contributed by atoms with van der Waals surface area (Å²) >= 11 is 0. The Morgan fingerprint density at radius 2 is 0.593 bits per heavy atom. The Morgan fingerprint density at radius 1 is 0.337 bits per heavy atom. The van der Waals surface area contributed by atoms with Gasteiger partial charge in [-0.2, -0.15) is 0 Å². The maximum Gasteiger partial charge on any atom is 0.472 e. The van der Waals surface area contributed by atoms with E-state index < -0.39 is 97.5 Å². The minimum absolute atomic E-state index is 0.104. The minimum Gasteiger partial charge on any atom is -0.462 e. The van der Waals surface area contributed by atoms with Crippen molar-refractivity contribution < 1.29 is 80.2 Å². The molecule has 4 unspecified atom stereocenters. The number of hydrogen-bond acceptors (Lipinski definition) is 15. The van der Waals surface area contributed by atoms with E-state index in [0.29, 0.717) is 25.7 Å². The molecule has 0 aromatic rings. The van der Waals surface area contributed by atoms with Crippen LogP contribution < -0.4 is 0 Å². The average molecular weight is 1270 g/mol. The molecule has 0 aliphatic rings. The van der Waals surface area contributed by atoms with Gasteiger partial charge in [-0.3, -0.25) is 37.3 Å². The number of phosphoric acid groups is 2. The molecule has 17 nitrogen and oxygen atoms in total. The van der Waals surface area contributed by atoms with Crippen LogP contribution in [0.4, 0.5) is 0 Å². The lowest BCUT2D eigenvalue weighted by molar-refractivity contribution is -0.161. The molecule has 0 bridgehead atoms. The fourth-order valence-electron chi connectivity index (χ4n) is 9.95. The van der Waals surface area contributed by atoms with E-state index in [-0.39, 0.29) is 25.7 Å². The predicted octanol–water partition coefficient (Wildman–Crippen LogP) is 18.7. The van der Waals surface area contributed by atoms with Crippen LogP contribution in [0.25, 0.3) is 0 Å². The van der Waals surface area contributed by atoms with E-state index in [2.05, 4.69) is 48.5 Å². The zero-order valence-corrected chi connectivity index (χ0v) is 57.6. The van der Waals surface area contributed by atoms with Gasteiger partial charge in [-0.25, -0.2) is 9.13 Å². The molecule has 0 saturated carbocycles. The molecule has 0 aromatic carbocycles. The smallest absolute Gasteiger partial charge is 0.462 e. The fourth-order valence-corrected chi connectivity index (χ4v) is 11.5. The molecule has 0 fully saturated rings. The molecular formula is C67H130O17P2. The zero-order valence-electron chi connectivity index (χ0n) is 55.8. The topological polar surface area (TPSA) is 237 Å². The number of unbranched alkanes of at least 4 members (excludes halogenated alkanes) is 31. The Balaban J connectivity index is 5.17. The summed E-state index contributed by atoms with van der Waals surface area (Å²) in [6.07, 6.45) is 40.6. The number of carbonyl (C=O) groups excluding carboxylic acids is 4. The lowest BCUT2D eigenvalue weighted by Crippen LogP contribution is -2.30. The summed E-state index contributed by atoms with van der Waals surface area (Å²) < 4.78 is 68.0. The van der Waals surface area contributed by atoms with E-state index in [1.54, 1.807) is 0 Å². The number of ether oxygens (including phenoxy) is 4. The minimum atomic E-state index is -4.95. The highest BCUT2D eigenvalue weighted by atomic mass is 31.2. The van der Waals surface area contributed by atoms with Gasteiger partial charge in [-0.15, -0.1) is 0 Å². The van der Waals surface area contributed by atoms with Gasteiger partial charge >= 0.3 is 39.5 Å². The maximum absolute atomic E-state index is 13.0. The van der Waals surface area contributed by atoms with E-state index in [0.717, 1.165) is 114 Å². The normalized spacial score (nSPS) is 14.9. The van der Waals surface area contributed by atoms with Crippen molar-refractivity contribution in [2.75, 3.05) is 39.6 Å². The fraction of sp³-hybridized carbons (Fsp3) is 0.940. The van der Waals surface area contributed by atoms with Gasteiger partial charge in [-0.1, -0.05) is 280 Å². The third-order valence-electron chi connectivity index (χ3n) is 16.1. The van der Waals surface area contributed by atoms with Gasteiger partial charge in [0.15, 0.2) is 12.2 Å². The number of rotatable bonds is 65. The summed E-state index contributed by atoms with van der Waals surface area (Å²) in [5, 5.41) is 10.5. The number of esters is 4. The number of phosphoric ester groups is 2. The van der Waals surface area contributed by atoms with Gasteiger partial charge in [0.25, 0.3) is 0 Å². The molecule has 86 heavy (non-hydrogen) atoms. The second-order valence-corrected chi connectivity index (χ2v) is 28.1. The first-order chi connectivity index (χ1) is 41.3. The van der Waals surface area contributed by atoms with Crippen molar-refractivity contribution in [1.29, 1.82) is 0 Å². The predicted molar refractivity (Wildman–Crippen MR) is 344 cm³/mol. The lowest BCUT2D eigenvalue weighted by atomic mass is 9.99. The molecule has 0 saturated heterocycles. The maximum atomic E-state index is 13.0. The first kappa shape index (κ1) is 84.1. The molecule has 510 valence electrons. The van der Waals surface area contributed by atoms with Gasteiger partial charge < -0.3 is 33.8 Å². The van der Waals surface area contributed by atoms with Crippen molar-refractivity contribution in [3.05, 3.63) is 0 Å². The highest BCUT2D eigenvalue weighted by molar-refractivity contribution is 7.47. The third kappa shape index (κ3) is 58.4. The number of aliphatic hydroxyl groups excluding tert-OH is 1. The summed E-state index contributed by atoms with van der Waals surface area (Å²) in [4.78, 5) is 72.1. The van der Waals surface area contributed by atoms with Crippen LogP contribution in [-0.2, 0) is 65.4 Å². The van der Waals surface area contributed by atoms with Gasteiger partial charge in [0, 0.05) is 25.7 Å². The Morgan fingerprint density at radius 3 is 0.884 bits per heavy atom. The van der Waals surface area contributed by atoms with Crippen molar-refractivity contribution in [2.24, 2.45) is 17.8 Å². The van der Waals surface area contributed by atoms with Crippen LogP contribution in [0.1, 0.15) is 331 Å². The Labute approximate surface area is 524 Å². The summed E-state index contributed by atoms with van der Waals surface area (Å²) in [5.74, 6) is 0.200. The molecule has 3 N–H and O–H groups in total. The van der Waals surface area contributed by atoms with Gasteiger partial charge in [0.1, 0.15) is 19.3 Å². The van der Waals surface area contributed by atoms with Crippen LogP contribution in [0.5, 0.6) is 0 Å². The van der Waals surface area contributed by atoms with Crippen LogP contribution in [0.15, 0.2) is 0 Å². The van der Waals surface area contributed by atoms with Crippen LogP contribution >= 0.6 is 15.6 Å². The van der Waals surface area contributed by atoms with Crippen molar-refractivity contribution in [2.45, 2.75) is 349 Å². The number of hydrogen-bond donors (Lipinski definition) is 3. The molecular weight excluding hydrogens is 1140 g/mol. The van der Waals surface area contributed by atoms with Crippen LogP contribution in [0, 0.1) is 17.8 Å². The molecule has 0 amide bonds. The van der Waals surface area contributed by atoms with E-state index in [1.807, 2.05) is 0 Å². The summed E-state index contributed by atoms with van der Waals surface area (Å²) in [6.45, 7) is 11.8.